The first-order valence-corrected chi connectivity index (χ1v) is 16.7. The summed E-state index contributed by atoms with van der Waals surface area (Å²) in [7, 11) is 0. The van der Waals surface area contributed by atoms with Gasteiger partial charge in [-0.15, -0.1) is 6.58 Å². The first-order valence-electron chi connectivity index (χ1n) is 16.7. The number of carbonyl (C=O) groups excluding carboxylic acids is 1. The molecular formula is C36H48N8O4. The van der Waals surface area contributed by atoms with Crippen LogP contribution in [0.2, 0.25) is 0 Å². The van der Waals surface area contributed by atoms with Crippen molar-refractivity contribution < 1.29 is 14.6 Å². The van der Waals surface area contributed by atoms with Crippen molar-refractivity contribution in [1.29, 1.82) is 0 Å². The number of benzene rings is 1. The molecule has 0 radical (unpaired) electrons. The zero-order valence-corrected chi connectivity index (χ0v) is 28.8. The van der Waals surface area contributed by atoms with Crippen molar-refractivity contribution in [2.75, 3.05) is 42.9 Å². The van der Waals surface area contributed by atoms with Crippen LogP contribution in [-0.2, 0) is 21.7 Å². The van der Waals surface area contributed by atoms with Crippen molar-refractivity contribution in [1.82, 2.24) is 29.2 Å². The predicted octanol–water partition coefficient (Wildman–Crippen LogP) is 5.16. The molecule has 5 rings (SSSR count). The van der Waals surface area contributed by atoms with Crippen molar-refractivity contribution in [3.05, 3.63) is 77.4 Å². The number of unbranched alkanes of at least 4 members (excludes halogenated alkanes) is 2. The Bertz CT molecular complexity index is 1770. The van der Waals surface area contributed by atoms with Crippen molar-refractivity contribution in [3.8, 4) is 5.82 Å². The minimum Gasteiger partial charge on any atom is -0.460 e. The molecule has 12 nitrogen and oxygen atoms in total. The van der Waals surface area contributed by atoms with Crippen LogP contribution in [0.4, 0.5) is 17.3 Å². The molecule has 256 valence electrons. The highest BCUT2D eigenvalue weighted by atomic mass is 16.6. The van der Waals surface area contributed by atoms with Gasteiger partial charge in [0.2, 0.25) is 5.95 Å². The lowest BCUT2D eigenvalue weighted by molar-refractivity contribution is -0.154. The van der Waals surface area contributed by atoms with Gasteiger partial charge in [0.15, 0.2) is 11.5 Å². The number of hydrogen-bond acceptors (Lipinski definition) is 10. The van der Waals surface area contributed by atoms with E-state index >= 15 is 0 Å². The number of nitrogens with one attached hydrogen (secondary N) is 1. The SMILES string of the molecule is C=CCn1c(=O)c2cnc(Nc3ccc(N4CCN(CCCCCC(=O)OC(C)(C)C)CC4)cc3)nc2n1-c1cccc(C(C)(C)O)n1. The molecule has 4 heterocycles. The number of aromatic nitrogens is 5. The van der Waals surface area contributed by atoms with Crippen molar-refractivity contribution in [2.45, 2.75) is 78.0 Å². The monoisotopic (exact) mass is 656 g/mol. The molecule has 1 aliphatic heterocycles. The maximum atomic E-state index is 13.3. The summed E-state index contributed by atoms with van der Waals surface area (Å²) in [4.78, 5) is 43.9. The average molecular weight is 657 g/mol. The fourth-order valence-corrected chi connectivity index (χ4v) is 5.78. The molecule has 2 N–H and O–H groups in total. The van der Waals surface area contributed by atoms with E-state index in [9.17, 15) is 14.7 Å². The van der Waals surface area contributed by atoms with Crippen LogP contribution in [0, 0.1) is 0 Å². The Hall–Kier alpha value is -4.55. The Morgan fingerprint density at radius 3 is 2.40 bits per heavy atom. The normalized spacial score (nSPS) is 14.3. The lowest BCUT2D eigenvalue weighted by Gasteiger charge is -2.36. The summed E-state index contributed by atoms with van der Waals surface area (Å²) < 4.78 is 8.55. The van der Waals surface area contributed by atoms with Crippen LogP contribution < -0.4 is 15.8 Å². The van der Waals surface area contributed by atoms with E-state index in [0.29, 0.717) is 34.9 Å². The number of aliphatic hydroxyl groups is 1. The minimum absolute atomic E-state index is 0.112. The highest BCUT2D eigenvalue weighted by Gasteiger charge is 2.22. The summed E-state index contributed by atoms with van der Waals surface area (Å²) in [6.45, 7) is 18.0. The van der Waals surface area contributed by atoms with E-state index < -0.39 is 11.2 Å². The number of rotatable bonds is 13. The summed E-state index contributed by atoms with van der Waals surface area (Å²) in [6, 6.07) is 13.5. The van der Waals surface area contributed by atoms with Gasteiger partial charge in [0.25, 0.3) is 5.56 Å². The molecule has 0 aliphatic carbocycles. The molecule has 4 aromatic rings. The molecule has 12 heteroatoms. The number of allylic oxidation sites excluding steroid dienone is 1. The van der Waals surface area contributed by atoms with E-state index in [4.69, 9.17) is 9.72 Å². The van der Waals surface area contributed by atoms with Gasteiger partial charge in [-0.05, 0) is 90.4 Å². The molecule has 1 aromatic carbocycles. The third-order valence-electron chi connectivity index (χ3n) is 8.19. The largest absolute Gasteiger partial charge is 0.460 e. The molecule has 3 aromatic heterocycles. The van der Waals surface area contributed by atoms with E-state index in [0.717, 1.165) is 63.4 Å². The molecule has 0 spiro atoms. The zero-order chi connectivity index (χ0) is 34.5. The number of carbonyl (C=O) groups is 1. The summed E-state index contributed by atoms with van der Waals surface area (Å²) in [5.74, 6) is 0.688. The Kier molecular flexibility index (Phi) is 10.6. The fraction of sp³-hybridized carbons (Fsp3) is 0.472. The maximum Gasteiger partial charge on any atom is 0.306 e. The van der Waals surface area contributed by atoms with Crippen LogP contribution in [0.1, 0.15) is 66.0 Å². The first-order chi connectivity index (χ1) is 22.8. The van der Waals surface area contributed by atoms with Crippen LogP contribution in [-0.4, -0.2) is 78.6 Å². The number of nitrogens with zero attached hydrogens (tertiary/aromatic N) is 7. The third-order valence-corrected chi connectivity index (χ3v) is 8.19. The van der Waals surface area contributed by atoms with Gasteiger partial charge in [-0.25, -0.2) is 19.3 Å². The number of ether oxygens (including phenoxy) is 1. The van der Waals surface area contributed by atoms with Gasteiger partial charge in [-0.1, -0.05) is 18.6 Å². The van der Waals surface area contributed by atoms with E-state index in [2.05, 4.69) is 43.8 Å². The summed E-state index contributed by atoms with van der Waals surface area (Å²) in [6.07, 6.45) is 6.62. The number of pyridine rings is 1. The van der Waals surface area contributed by atoms with Gasteiger partial charge >= 0.3 is 5.97 Å². The van der Waals surface area contributed by atoms with E-state index in [1.165, 1.54) is 10.9 Å². The van der Waals surface area contributed by atoms with Crippen LogP contribution in [0.25, 0.3) is 16.9 Å². The molecule has 48 heavy (non-hydrogen) atoms. The molecular weight excluding hydrogens is 608 g/mol. The second kappa shape index (κ2) is 14.7. The number of hydrogen-bond donors (Lipinski definition) is 2. The second-order valence-corrected chi connectivity index (χ2v) is 13.8. The van der Waals surface area contributed by atoms with Gasteiger partial charge in [0, 0.05) is 50.2 Å². The van der Waals surface area contributed by atoms with Crippen molar-refractivity contribution in [3.63, 3.8) is 0 Å². The summed E-state index contributed by atoms with van der Waals surface area (Å²) in [5, 5.41) is 14.2. The molecule has 1 saturated heterocycles. The summed E-state index contributed by atoms with van der Waals surface area (Å²) in [5.41, 5.74) is 1.02. The van der Waals surface area contributed by atoms with E-state index in [1.54, 1.807) is 42.8 Å². The average Bonchev–Trinajstić information content (AvgIpc) is 3.31. The standard InChI is InChI=1S/C36H48N8O4/c1-7-19-43-33(46)28-25-37-34(40-32(28)44(43)30-13-11-12-29(39-30)36(5,6)47)38-26-15-17-27(18-16-26)42-23-21-41(22-24-42)20-10-8-9-14-31(45)48-35(2,3)4/h7,11-13,15-18,25,47H,1,8-10,14,19-24H2,2-6H3,(H,37,38,40). The molecule has 1 fully saturated rings. The second-order valence-electron chi connectivity index (χ2n) is 13.8. The Balaban J connectivity index is 1.20. The molecule has 0 atom stereocenters. The molecule has 0 saturated carbocycles. The fourth-order valence-electron chi connectivity index (χ4n) is 5.78. The van der Waals surface area contributed by atoms with Crippen LogP contribution >= 0.6 is 0 Å². The lowest BCUT2D eigenvalue weighted by atomic mass is 10.1. The maximum absolute atomic E-state index is 13.3. The molecule has 0 amide bonds. The Morgan fingerprint density at radius 2 is 1.73 bits per heavy atom. The van der Waals surface area contributed by atoms with Crippen LogP contribution in [0.15, 0.2) is 66.1 Å². The van der Waals surface area contributed by atoms with Crippen molar-refractivity contribution in [2.24, 2.45) is 0 Å². The van der Waals surface area contributed by atoms with E-state index in [-0.39, 0.29) is 18.1 Å². The van der Waals surface area contributed by atoms with Crippen LogP contribution in [0.5, 0.6) is 0 Å². The minimum atomic E-state index is -1.16. The van der Waals surface area contributed by atoms with Gasteiger partial charge < -0.3 is 20.1 Å². The van der Waals surface area contributed by atoms with Gasteiger partial charge in [0.05, 0.1) is 12.2 Å². The van der Waals surface area contributed by atoms with Gasteiger partial charge in [0.1, 0.15) is 16.6 Å². The molecule has 1 aliphatic rings. The Morgan fingerprint density at radius 1 is 1.00 bits per heavy atom. The van der Waals surface area contributed by atoms with Crippen LogP contribution in [0.3, 0.4) is 0 Å². The Labute approximate surface area is 282 Å². The number of esters is 1. The number of piperazine rings is 1. The predicted molar refractivity (Wildman–Crippen MR) is 189 cm³/mol. The van der Waals surface area contributed by atoms with Gasteiger partial charge in [-0.2, -0.15) is 4.98 Å². The van der Waals surface area contributed by atoms with E-state index in [1.807, 2.05) is 32.9 Å². The number of fused-ring (bicyclic) bond motifs is 1. The smallest absolute Gasteiger partial charge is 0.306 e. The quantitative estimate of drug-likeness (QED) is 0.113. The summed E-state index contributed by atoms with van der Waals surface area (Å²) >= 11 is 0. The first kappa shape index (κ1) is 34.8. The van der Waals surface area contributed by atoms with Gasteiger partial charge in [-0.3, -0.25) is 14.5 Å². The highest BCUT2D eigenvalue weighted by Crippen LogP contribution is 2.24. The molecule has 0 bridgehead atoms. The van der Waals surface area contributed by atoms with Crippen molar-refractivity contribution >= 4 is 34.3 Å². The third kappa shape index (κ3) is 8.67. The number of anilines is 3. The topological polar surface area (TPSA) is 131 Å². The lowest BCUT2D eigenvalue weighted by Crippen LogP contribution is -2.46. The zero-order valence-electron chi connectivity index (χ0n) is 28.8. The molecule has 0 unspecified atom stereocenters. The highest BCUT2D eigenvalue weighted by molar-refractivity contribution is 5.77.